The third kappa shape index (κ3) is 3.83. The number of H-pyrrole nitrogens is 1. The van der Waals surface area contributed by atoms with Gasteiger partial charge in [-0.25, -0.2) is 4.98 Å². The highest BCUT2D eigenvalue weighted by Gasteiger charge is 2.06. The van der Waals surface area contributed by atoms with Crippen LogP contribution in [-0.2, 0) is 6.42 Å². The second-order valence-corrected chi connectivity index (χ2v) is 5.12. The Labute approximate surface area is 114 Å². The number of nitrogens with two attached hydrogens (primary N) is 1. The molecule has 4 heteroatoms. The Morgan fingerprint density at radius 2 is 1.89 bits per heavy atom. The molecule has 0 saturated carbocycles. The predicted octanol–water partition coefficient (Wildman–Crippen LogP) is 2.75. The van der Waals surface area contributed by atoms with Gasteiger partial charge in [-0.05, 0) is 50.6 Å². The second kappa shape index (κ2) is 5.89. The monoisotopic (exact) mass is 259 g/mol. The Morgan fingerprint density at radius 1 is 1.21 bits per heavy atom. The third-order valence-corrected chi connectivity index (χ3v) is 2.68. The normalized spacial score (nSPS) is 12.7. The van der Waals surface area contributed by atoms with Crippen molar-refractivity contribution in [3.63, 3.8) is 0 Å². The second-order valence-electron chi connectivity index (χ2n) is 5.12. The fourth-order valence-corrected chi connectivity index (χ4v) is 1.90. The summed E-state index contributed by atoms with van der Waals surface area (Å²) in [6.45, 7) is 6.01. The molecule has 0 radical (unpaired) electrons. The maximum atomic E-state index is 5.76. The molecule has 1 unspecified atom stereocenters. The Kier molecular flexibility index (Phi) is 4.22. The highest BCUT2D eigenvalue weighted by atomic mass is 16.5. The van der Waals surface area contributed by atoms with Crippen LogP contribution in [0.1, 0.15) is 26.6 Å². The van der Waals surface area contributed by atoms with E-state index in [1.165, 1.54) is 0 Å². The van der Waals surface area contributed by atoms with Crippen molar-refractivity contribution in [2.45, 2.75) is 39.3 Å². The van der Waals surface area contributed by atoms with Crippen molar-refractivity contribution in [2.75, 3.05) is 0 Å². The van der Waals surface area contributed by atoms with Gasteiger partial charge in [0.15, 0.2) is 0 Å². The molecule has 0 bridgehead atoms. The molecule has 0 amide bonds. The van der Waals surface area contributed by atoms with Gasteiger partial charge < -0.3 is 15.5 Å². The summed E-state index contributed by atoms with van der Waals surface area (Å²) in [5.74, 6) is 1.81. The summed E-state index contributed by atoms with van der Waals surface area (Å²) >= 11 is 0. The molecule has 2 aromatic rings. The summed E-state index contributed by atoms with van der Waals surface area (Å²) in [5, 5.41) is 0. The minimum atomic E-state index is 0.112. The van der Waals surface area contributed by atoms with Crippen LogP contribution in [0, 0.1) is 0 Å². The van der Waals surface area contributed by atoms with Crippen molar-refractivity contribution in [2.24, 2.45) is 5.73 Å². The van der Waals surface area contributed by atoms with E-state index in [0.717, 1.165) is 29.3 Å². The lowest BCUT2D eigenvalue weighted by molar-refractivity contribution is 0.242. The number of hydrogen-bond donors (Lipinski definition) is 2. The zero-order valence-electron chi connectivity index (χ0n) is 11.7. The Balaban J connectivity index is 2.11. The van der Waals surface area contributed by atoms with E-state index in [-0.39, 0.29) is 12.1 Å². The van der Waals surface area contributed by atoms with Gasteiger partial charge in [0.2, 0.25) is 0 Å². The number of aromatic nitrogens is 2. The highest BCUT2D eigenvalue weighted by molar-refractivity contribution is 5.59. The number of benzene rings is 1. The first-order valence-corrected chi connectivity index (χ1v) is 6.61. The van der Waals surface area contributed by atoms with Gasteiger partial charge >= 0.3 is 0 Å². The van der Waals surface area contributed by atoms with Crippen LogP contribution in [-0.4, -0.2) is 22.1 Å². The molecule has 4 nitrogen and oxygen atoms in total. The van der Waals surface area contributed by atoms with Crippen LogP contribution in [0.4, 0.5) is 0 Å². The molecule has 0 aliphatic heterocycles. The first kappa shape index (κ1) is 13.6. The molecule has 0 aliphatic carbocycles. The SMILES string of the molecule is CC(N)Cc1ncc(-c2ccc(OC(C)C)cc2)[nH]1. The fraction of sp³-hybridized carbons (Fsp3) is 0.400. The zero-order chi connectivity index (χ0) is 13.8. The molecule has 102 valence electrons. The van der Waals surface area contributed by atoms with Crippen molar-refractivity contribution in [1.29, 1.82) is 0 Å². The van der Waals surface area contributed by atoms with E-state index in [0.29, 0.717) is 0 Å². The number of imidazole rings is 1. The molecule has 1 atom stereocenters. The molecule has 1 aromatic carbocycles. The van der Waals surface area contributed by atoms with Gasteiger partial charge in [0.05, 0.1) is 18.0 Å². The van der Waals surface area contributed by atoms with Gasteiger partial charge in [-0.3, -0.25) is 0 Å². The molecular weight excluding hydrogens is 238 g/mol. The van der Waals surface area contributed by atoms with E-state index in [9.17, 15) is 0 Å². The largest absolute Gasteiger partial charge is 0.491 e. The number of hydrogen-bond acceptors (Lipinski definition) is 3. The lowest BCUT2D eigenvalue weighted by atomic mass is 10.1. The van der Waals surface area contributed by atoms with Crippen molar-refractivity contribution < 1.29 is 4.74 Å². The lowest BCUT2D eigenvalue weighted by Crippen LogP contribution is -2.18. The Bertz CT molecular complexity index is 514. The van der Waals surface area contributed by atoms with Gasteiger partial charge in [-0.15, -0.1) is 0 Å². The molecule has 0 fully saturated rings. The number of rotatable bonds is 5. The summed E-state index contributed by atoms with van der Waals surface area (Å²) < 4.78 is 5.62. The average molecular weight is 259 g/mol. The van der Waals surface area contributed by atoms with Crippen molar-refractivity contribution in [3.05, 3.63) is 36.3 Å². The summed E-state index contributed by atoms with van der Waals surface area (Å²) in [6.07, 6.45) is 2.79. The van der Waals surface area contributed by atoms with E-state index in [1.54, 1.807) is 0 Å². The van der Waals surface area contributed by atoms with Gasteiger partial charge in [-0.1, -0.05) is 0 Å². The Hall–Kier alpha value is -1.81. The van der Waals surface area contributed by atoms with Crippen molar-refractivity contribution >= 4 is 0 Å². The summed E-state index contributed by atoms with van der Waals surface area (Å²) in [5.41, 5.74) is 7.87. The van der Waals surface area contributed by atoms with Gasteiger partial charge in [0.25, 0.3) is 0 Å². The van der Waals surface area contributed by atoms with Crippen LogP contribution < -0.4 is 10.5 Å². The van der Waals surface area contributed by atoms with E-state index < -0.39 is 0 Å². The quantitative estimate of drug-likeness (QED) is 0.867. The van der Waals surface area contributed by atoms with Crippen LogP contribution in [0.25, 0.3) is 11.3 Å². The molecule has 0 saturated heterocycles. The van der Waals surface area contributed by atoms with Gasteiger partial charge in [-0.2, -0.15) is 0 Å². The van der Waals surface area contributed by atoms with Crippen LogP contribution in [0.3, 0.4) is 0 Å². The van der Waals surface area contributed by atoms with Crippen LogP contribution >= 0.6 is 0 Å². The molecule has 2 rings (SSSR count). The summed E-state index contributed by atoms with van der Waals surface area (Å²) in [6, 6.07) is 8.12. The number of aromatic amines is 1. The van der Waals surface area contributed by atoms with Crippen LogP contribution in [0.15, 0.2) is 30.5 Å². The smallest absolute Gasteiger partial charge is 0.119 e. The Morgan fingerprint density at radius 3 is 2.47 bits per heavy atom. The first-order valence-electron chi connectivity index (χ1n) is 6.61. The van der Waals surface area contributed by atoms with Crippen LogP contribution in [0.5, 0.6) is 5.75 Å². The molecule has 1 heterocycles. The van der Waals surface area contributed by atoms with E-state index in [4.69, 9.17) is 10.5 Å². The zero-order valence-corrected chi connectivity index (χ0v) is 11.7. The standard InChI is InChI=1S/C15H21N3O/c1-10(2)19-13-6-4-12(5-7-13)14-9-17-15(18-14)8-11(3)16/h4-7,9-11H,8,16H2,1-3H3,(H,17,18). The molecular formula is C15H21N3O. The van der Waals surface area contributed by atoms with Crippen LogP contribution in [0.2, 0.25) is 0 Å². The maximum absolute atomic E-state index is 5.76. The number of ether oxygens (including phenoxy) is 1. The van der Waals surface area contributed by atoms with Gasteiger partial charge in [0, 0.05) is 12.5 Å². The molecule has 19 heavy (non-hydrogen) atoms. The molecule has 1 aromatic heterocycles. The highest BCUT2D eigenvalue weighted by Crippen LogP contribution is 2.21. The molecule has 3 N–H and O–H groups in total. The summed E-state index contributed by atoms with van der Waals surface area (Å²) in [4.78, 5) is 7.63. The third-order valence-electron chi connectivity index (χ3n) is 2.68. The first-order chi connectivity index (χ1) is 9.04. The molecule has 0 aliphatic rings. The number of nitrogens with one attached hydrogen (secondary N) is 1. The topological polar surface area (TPSA) is 63.9 Å². The average Bonchev–Trinajstić information content (AvgIpc) is 2.76. The van der Waals surface area contributed by atoms with Crippen molar-refractivity contribution in [1.82, 2.24) is 9.97 Å². The fourth-order valence-electron chi connectivity index (χ4n) is 1.90. The van der Waals surface area contributed by atoms with Gasteiger partial charge in [0.1, 0.15) is 11.6 Å². The number of nitrogens with zero attached hydrogens (tertiary/aromatic N) is 1. The maximum Gasteiger partial charge on any atom is 0.119 e. The lowest BCUT2D eigenvalue weighted by Gasteiger charge is -2.09. The van der Waals surface area contributed by atoms with E-state index >= 15 is 0 Å². The van der Waals surface area contributed by atoms with E-state index in [1.807, 2.05) is 51.2 Å². The predicted molar refractivity (Wildman–Crippen MR) is 77.1 cm³/mol. The summed E-state index contributed by atoms with van der Waals surface area (Å²) in [7, 11) is 0. The van der Waals surface area contributed by atoms with Crippen molar-refractivity contribution in [3.8, 4) is 17.0 Å². The minimum Gasteiger partial charge on any atom is -0.491 e. The minimum absolute atomic E-state index is 0.112. The van der Waals surface area contributed by atoms with E-state index in [2.05, 4.69) is 9.97 Å². The molecule has 0 spiro atoms.